The van der Waals surface area contributed by atoms with E-state index in [4.69, 9.17) is 11.6 Å². The Morgan fingerprint density at radius 2 is 2.11 bits per heavy atom. The van der Waals surface area contributed by atoms with E-state index in [9.17, 15) is 18.0 Å². The molecule has 1 aromatic carbocycles. The van der Waals surface area contributed by atoms with Gasteiger partial charge in [0, 0.05) is 10.6 Å². The normalized spacial score (nSPS) is 10.6. The molecule has 1 rings (SSSR count). The number of hydrogen-bond acceptors (Lipinski definition) is 3. The fourth-order valence-electron chi connectivity index (χ4n) is 1.33. The number of benzene rings is 1. The molecule has 0 aliphatic rings. The Hall–Kier alpha value is -1.43. The van der Waals surface area contributed by atoms with Gasteiger partial charge in [-0.2, -0.15) is 8.78 Å². The first kappa shape index (κ1) is 14.6. The summed E-state index contributed by atoms with van der Waals surface area (Å²) in [6.07, 6.45) is -0.395. The van der Waals surface area contributed by atoms with Crippen LogP contribution in [0, 0.1) is 5.82 Å². The van der Waals surface area contributed by atoms with Crippen LogP contribution >= 0.6 is 11.6 Å². The molecule has 3 nitrogen and oxygen atoms in total. The quantitative estimate of drug-likeness (QED) is 0.778. The van der Waals surface area contributed by atoms with Crippen LogP contribution in [0.25, 0.3) is 0 Å². The molecule has 18 heavy (non-hydrogen) atoms. The summed E-state index contributed by atoms with van der Waals surface area (Å²) in [5.41, 5.74) is -0.0845. The van der Waals surface area contributed by atoms with E-state index in [0.29, 0.717) is 0 Å². The van der Waals surface area contributed by atoms with Crippen molar-refractivity contribution in [3.8, 4) is 5.75 Å². The van der Waals surface area contributed by atoms with E-state index in [1.54, 1.807) is 6.92 Å². The van der Waals surface area contributed by atoms with Crippen LogP contribution in [-0.4, -0.2) is 19.2 Å². The van der Waals surface area contributed by atoms with Gasteiger partial charge in [0.05, 0.1) is 13.0 Å². The van der Waals surface area contributed by atoms with Gasteiger partial charge in [-0.1, -0.05) is 11.6 Å². The fraction of sp³-hybridized carbons (Fsp3) is 0.364. The van der Waals surface area contributed by atoms with Crippen LogP contribution in [0.3, 0.4) is 0 Å². The zero-order valence-corrected chi connectivity index (χ0v) is 10.1. The predicted octanol–water partition coefficient (Wildman–Crippen LogP) is 3.19. The van der Waals surface area contributed by atoms with Crippen molar-refractivity contribution in [2.24, 2.45) is 0 Å². The third kappa shape index (κ3) is 4.10. The zero-order chi connectivity index (χ0) is 13.7. The number of halogens is 4. The highest BCUT2D eigenvalue weighted by molar-refractivity contribution is 6.30. The van der Waals surface area contributed by atoms with Crippen molar-refractivity contribution in [1.29, 1.82) is 0 Å². The molecular formula is C11H10ClF3O3. The Bertz CT molecular complexity index is 438. The molecule has 0 fully saturated rings. The van der Waals surface area contributed by atoms with E-state index in [1.807, 2.05) is 0 Å². The lowest BCUT2D eigenvalue weighted by Crippen LogP contribution is -2.12. The Morgan fingerprint density at radius 3 is 2.67 bits per heavy atom. The van der Waals surface area contributed by atoms with Gasteiger partial charge in [0.25, 0.3) is 0 Å². The predicted molar refractivity (Wildman–Crippen MR) is 58.4 cm³/mol. The minimum atomic E-state index is -3.19. The van der Waals surface area contributed by atoms with E-state index >= 15 is 0 Å². The van der Waals surface area contributed by atoms with E-state index < -0.39 is 30.6 Å². The monoisotopic (exact) mass is 282 g/mol. The second kappa shape index (κ2) is 6.49. The molecule has 0 bridgehead atoms. The number of carbonyl (C=O) groups excluding carboxylic acids is 1. The SMILES string of the molecule is CCOC(=O)Cc1cc(Cl)cc(F)c1OC(F)F. The summed E-state index contributed by atoms with van der Waals surface area (Å²) in [4.78, 5) is 11.2. The summed E-state index contributed by atoms with van der Waals surface area (Å²) in [5, 5.41) is -0.0200. The van der Waals surface area contributed by atoms with Crippen LogP contribution in [0.5, 0.6) is 5.75 Å². The minimum Gasteiger partial charge on any atom is -0.466 e. The van der Waals surface area contributed by atoms with Crippen molar-refractivity contribution in [3.05, 3.63) is 28.5 Å². The maximum Gasteiger partial charge on any atom is 0.387 e. The maximum atomic E-state index is 13.4. The molecule has 1 aromatic rings. The number of carbonyl (C=O) groups is 1. The van der Waals surface area contributed by atoms with Crippen LogP contribution in [0.15, 0.2) is 12.1 Å². The van der Waals surface area contributed by atoms with Gasteiger partial charge in [0.1, 0.15) is 0 Å². The van der Waals surface area contributed by atoms with E-state index in [0.717, 1.165) is 6.07 Å². The summed E-state index contributed by atoms with van der Waals surface area (Å²) in [6, 6.07) is 2.01. The fourth-order valence-corrected chi connectivity index (χ4v) is 1.56. The molecule has 0 spiro atoms. The van der Waals surface area contributed by atoms with Crippen LogP contribution in [0.1, 0.15) is 12.5 Å². The van der Waals surface area contributed by atoms with Crippen molar-refractivity contribution < 1.29 is 27.4 Å². The Morgan fingerprint density at radius 1 is 1.44 bits per heavy atom. The molecule has 100 valence electrons. The van der Waals surface area contributed by atoms with Gasteiger partial charge in [0.2, 0.25) is 0 Å². The Kier molecular flexibility index (Phi) is 5.27. The molecule has 7 heteroatoms. The highest BCUT2D eigenvalue weighted by Gasteiger charge is 2.18. The molecule has 0 aliphatic heterocycles. The van der Waals surface area contributed by atoms with Crippen molar-refractivity contribution in [3.63, 3.8) is 0 Å². The van der Waals surface area contributed by atoms with Crippen molar-refractivity contribution in [2.75, 3.05) is 6.61 Å². The zero-order valence-electron chi connectivity index (χ0n) is 9.38. The molecule has 0 aliphatic carbocycles. The molecular weight excluding hydrogens is 273 g/mol. The van der Waals surface area contributed by atoms with E-state index in [1.165, 1.54) is 6.07 Å². The van der Waals surface area contributed by atoms with E-state index in [-0.39, 0.29) is 17.2 Å². The van der Waals surface area contributed by atoms with Gasteiger partial charge in [0.15, 0.2) is 11.6 Å². The highest BCUT2D eigenvalue weighted by atomic mass is 35.5. The molecule has 0 amide bonds. The Labute approximate surface area is 106 Å². The van der Waals surface area contributed by atoms with Crippen molar-refractivity contribution in [2.45, 2.75) is 20.0 Å². The van der Waals surface area contributed by atoms with Crippen LogP contribution in [0.2, 0.25) is 5.02 Å². The second-order valence-electron chi connectivity index (χ2n) is 3.24. The number of alkyl halides is 2. The standard InChI is InChI=1S/C11H10ClF3O3/c1-2-17-9(16)4-6-3-7(12)5-8(13)10(6)18-11(14)15/h3,5,11H,2,4H2,1H3. The molecule has 0 saturated carbocycles. The molecule has 0 heterocycles. The van der Waals surface area contributed by atoms with Crippen LogP contribution in [-0.2, 0) is 16.0 Å². The smallest absolute Gasteiger partial charge is 0.387 e. The highest BCUT2D eigenvalue weighted by Crippen LogP contribution is 2.29. The van der Waals surface area contributed by atoms with Crippen molar-refractivity contribution >= 4 is 17.6 Å². The first-order chi connectivity index (χ1) is 8.43. The van der Waals surface area contributed by atoms with Crippen LogP contribution < -0.4 is 4.74 Å². The summed E-state index contributed by atoms with van der Waals surface area (Å²) >= 11 is 5.58. The molecule has 0 unspecified atom stereocenters. The first-order valence-corrected chi connectivity index (χ1v) is 5.40. The second-order valence-corrected chi connectivity index (χ2v) is 3.67. The van der Waals surface area contributed by atoms with Gasteiger partial charge >= 0.3 is 12.6 Å². The third-order valence-electron chi connectivity index (χ3n) is 1.93. The lowest BCUT2D eigenvalue weighted by atomic mass is 10.1. The molecule has 0 saturated heterocycles. The molecule has 0 radical (unpaired) electrons. The number of hydrogen-bond donors (Lipinski definition) is 0. The molecule has 0 N–H and O–H groups in total. The molecule has 0 atom stereocenters. The number of rotatable bonds is 5. The Balaban J connectivity index is 3.03. The number of esters is 1. The van der Waals surface area contributed by atoms with Crippen molar-refractivity contribution in [1.82, 2.24) is 0 Å². The van der Waals surface area contributed by atoms with Crippen LogP contribution in [0.4, 0.5) is 13.2 Å². The topological polar surface area (TPSA) is 35.5 Å². The lowest BCUT2D eigenvalue weighted by Gasteiger charge is -2.11. The van der Waals surface area contributed by atoms with Gasteiger partial charge in [-0.25, -0.2) is 4.39 Å². The summed E-state index contributed by atoms with van der Waals surface area (Å²) in [6.45, 7) is -1.47. The minimum absolute atomic E-state index is 0.0200. The average molecular weight is 283 g/mol. The van der Waals surface area contributed by atoms with Gasteiger partial charge in [-0.3, -0.25) is 4.79 Å². The lowest BCUT2D eigenvalue weighted by molar-refractivity contribution is -0.142. The van der Waals surface area contributed by atoms with E-state index in [2.05, 4.69) is 9.47 Å². The first-order valence-electron chi connectivity index (χ1n) is 5.02. The molecule has 0 aromatic heterocycles. The summed E-state index contributed by atoms with van der Waals surface area (Å²) in [7, 11) is 0. The van der Waals surface area contributed by atoms with Gasteiger partial charge in [-0.15, -0.1) is 0 Å². The third-order valence-corrected chi connectivity index (χ3v) is 2.15. The number of ether oxygens (including phenoxy) is 2. The maximum absolute atomic E-state index is 13.4. The largest absolute Gasteiger partial charge is 0.466 e. The van der Waals surface area contributed by atoms with Gasteiger partial charge in [-0.05, 0) is 19.1 Å². The summed E-state index contributed by atoms with van der Waals surface area (Å²) in [5.74, 6) is -2.43. The van der Waals surface area contributed by atoms with Gasteiger partial charge < -0.3 is 9.47 Å². The average Bonchev–Trinajstić information content (AvgIpc) is 2.23. The summed E-state index contributed by atoms with van der Waals surface area (Å²) < 4.78 is 46.3.